The van der Waals surface area contributed by atoms with Crippen LogP contribution in [0.5, 0.6) is 0 Å². The first kappa shape index (κ1) is 9.52. The fourth-order valence-electron chi connectivity index (χ4n) is 1.41. The van der Waals surface area contributed by atoms with Gasteiger partial charge in [0.05, 0.1) is 6.04 Å². The molecule has 1 fully saturated rings. The molecule has 3 heteroatoms. The van der Waals surface area contributed by atoms with Crippen LogP contribution < -0.4 is 10.6 Å². The summed E-state index contributed by atoms with van der Waals surface area (Å²) in [5, 5.41) is 6.08. The van der Waals surface area contributed by atoms with Crippen molar-refractivity contribution < 1.29 is 4.79 Å². The molecule has 1 heterocycles. The van der Waals surface area contributed by atoms with Crippen molar-refractivity contribution in [1.82, 2.24) is 10.6 Å². The number of hydrogen-bond acceptors (Lipinski definition) is 2. The number of hydrogen-bond donors (Lipinski definition) is 2. The molecule has 0 spiro atoms. The van der Waals surface area contributed by atoms with Crippen molar-refractivity contribution in [3.8, 4) is 0 Å². The summed E-state index contributed by atoms with van der Waals surface area (Å²) in [5.41, 5.74) is 0. The van der Waals surface area contributed by atoms with E-state index in [2.05, 4.69) is 24.5 Å². The minimum Gasteiger partial charge on any atom is -0.353 e. The van der Waals surface area contributed by atoms with Crippen LogP contribution in [0.4, 0.5) is 0 Å². The van der Waals surface area contributed by atoms with Crippen LogP contribution in [-0.4, -0.2) is 25.0 Å². The molecule has 1 rings (SSSR count). The zero-order valence-electron chi connectivity index (χ0n) is 7.89. The van der Waals surface area contributed by atoms with Crippen LogP contribution >= 0.6 is 0 Å². The van der Waals surface area contributed by atoms with Crippen LogP contribution in [0.25, 0.3) is 0 Å². The maximum Gasteiger partial charge on any atom is 0.237 e. The third-order valence-electron chi connectivity index (χ3n) is 2.47. The van der Waals surface area contributed by atoms with Crippen molar-refractivity contribution in [3.63, 3.8) is 0 Å². The second-order valence-electron chi connectivity index (χ2n) is 3.55. The van der Waals surface area contributed by atoms with Gasteiger partial charge in [-0.3, -0.25) is 4.79 Å². The molecule has 1 aliphatic rings. The molecule has 0 saturated carbocycles. The van der Waals surface area contributed by atoms with Crippen LogP contribution in [0.1, 0.15) is 26.7 Å². The standard InChI is InChI=1S/C9H18N2O/c1-3-7(2)6-8-9(12)11-5-4-10-8/h7-8,10H,3-6H2,1-2H3,(H,11,12). The van der Waals surface area contributed by atoms with Crippen molar-refractivity contribution >= 4 is 5.91 Å². The molecule has 2 atom stereocenters. The molecule has 2 unspecified atom stereocenters. The van der Waals surface area contributed by atoms with E-state index in [1.807, 2.05) is 0 Å². The lowest BCUT2D eigenvalue weighted by molar-refractivity contribution is -0.124. The maximum atomic E-state index is 11.3. The zero-order chi connectivity index (χ0) is 8.97. The van der Waals surface area contributed by atoms with Gasteiger partial charge in [-0.25, -0.2) is 0 Å². The van der Waals surface area contributed by atoms with E-state index < -0.39 is 0 Å². The highest BCUT2D eigenvalue weighted by atomic mass is 16.2. The Bertz CT molecular complexity index is 159. The molecule has 1 amide bonds. The molecule has 3 nitrogen and oxygen atoms in total. The minimum absolute atomic E-state index is 0.0497. The Labute approximate surface area is 73.9 Å². The number of carbonyl (C=O) groups excluding carboxylic acids is 1. The summed E-state index contributed by atoms with van der Waals surface area (Å²) in [6, 6.07) is 0.0497. The molecule has 0 aliphatic carbocycles. The largest absolute Gasteiger partial charge is 0.353 e. The molecular formula is C9H18N2O. The molecule has 0 bridgehead atoms. The lowest BCUT2D eigenvalue weighted by atomic mass is 9.98. The summed E-state index contributed by atoms with van der Waals surface area (Å²) < 4.78 is 0. The molecular weight excluding hydrogens is 152 g/mol. The van der Waals surface area contributed by atoms with E-state index in [4.69, 9.17) is 0 Å². The zero-order valence-corrected chi connectivity index (χ0v) is 7.89. The Morgan fingerprint density at radius 1 is 1.58 bits per heavy atom. The first-order valence-corrected chi connectivity index (χ1v) is 4.75. The van der Waals surface area contributed by atoms with Gasteiger partial charge in [-0.05, 0) is 12.3 Å². The predicted octanol–water partition coefficient (Wildman–Crippen LogP) is 0.511. The fourth-order valence-corrected chi connectivity index (χ4v) is 1.41. The average molecular weight is 170 g/mol. The number of amides is 1. The van der Waals surface area contributed by atoms with Gasteiger partial charge in [-0.15, -0.1) is 0 Å². The van der Waals surface area contributed by atoms with Crippen LogP contribution in [0, 0.1) is 5.92 Å². The van der Waals surface area contributed by atoms with E-state index in [-0.39, 0.29) is 11.9 Å². The third kappa shape index (κ3) is 2.48. The maximum absolute atomic E-state index is 11.3. The Morgan fingerprint density at radius 2 is 2.33 bits per heavy atom. The average Bonchev–Trinajstić information content (AvgIpc) is 2.09. The molecule has 0 aromatic rings. The Kier molecular flexibility index (Phi) is 3.53. The molecule has 1 aliphatic heterocycles. The van der Waals surface area contributed by atoms with Crippen molar-refractivity contribution in [1.29, 1.82) is 0 Å². The highest BCUT2D eigenvalue weighted by molar-refractivity contribution is 5.82. The van der Waals surface area contributed by atoms with Gasteiger partial charge in [-0.2, -0.15) is 0 Å². The molecule has 70 valence electrons. The Balaban J connectivity index is 2.34. The van der Waals surface area contributed by atoms with Gasteiger partial charge >= 0.3 is 0 Å². The molecule has 0 aromatic carbocycles. The van der Waals surface area contributed by atoms with Crippen LogP contribution in [0.3, 0.4) is 0 Å². The van der Waals surface area contributed by atoms with Crippen molar-refractivity contribution in [2.45, 2.75) is 32.7 Å². The molecule has 0 aromatic heterocycles. The number of piperazine rings is 1. The second-order valence-corrected chi connectivity index (χ2v) is 3.55. The number of nitrogens with one attached hydrogen (secondary N) is 2. The normalized spacial score (nSPS) is 26.5. The molecule has 1 saturated heterocycles. The van der Waals surface area contributed by atoms with Crippen LogP contribution in [-0.2, 0) is 4.79 Å². The summed E-state index contributed by atoms with van der Waals surface area (Å²) in [7, 11) is 0. The smallest absolute Gasteiger partial charge is 0.237 e. The highest BCUT2D eigenvalue weighted by Gasteiger charge is 2.22. The third-order valence-corrected chi connectivity index (χ3v) is 2.47. The van der Waals surface area contributed by atoms with Gasteiger partial charge in [0, 0.05) is 13.1 Å². The summed E-state index contributed by atoms with van der Waals surface area (Å²) in [4.78, 5) is 11.3. The van der Waals surface area contributed by atoms with Crippen molar-refractivity contribution in [2.75, 3.05) is 13.1 Å². The fraction of sp³-hybridized carbons (Fsp3) is 0.889. The van der Waals surface area contributed by atoms with Gasteiger partial charge in [0.2, 0.25) is 5.91 Å². The second kappa shape index (κ2) is 4.45. The monoisotopic (exact) mass is 170 g/mol. The number of carbonyl (C=O) groups is 1. The first-order valence-electron chi connectivity index (χ1n) is 4.75. The van der Waals surface area contributed by atoms with Crippen LogP contribution in [0.2, 0.25) is 0 Å². The van der Waals surface area contributed by atoms with E-state index in [9.17, 15) is 4.79 Å². The topological polar surface area (TPSA) is 41.1 Å². The quantitative estimate of drug-likeness (QED) is 0.648. The van der Waals surface area contributed by atoms with Gasteiger partial charge < -0.3 is 10.6 Å². The predicted molar refractivity (Wildman–Crippen MR) is 48.9 cm³/mol. The minimum atomic E-state index is 0.0497. The van der Waals surface area contributed by atoms with E-state index in [0.717, 1.165) is 25.9 Å². The van der Waals surface area contributed by atoms with Gasteiger partial charge in [0.1, 0.15) is 0 Å². The Hall–Kier alpha value is -0.570. The Morgan fingerprint density at radius 3 is 2.92 bits per heavy atom. The first-order chi connectivity index (χ1) is 5.74. The lowest BCUT2D eigenvalue weighted by Crippen LogP contribution is -2.53. The van der Waals surface area contributed by atoms with Crippen molar-refractivity contribution in [2.24, 2.45) is 5.92 Å². The molecule has 0 radical (unpaired) electrons. The van der Waals surface area contributed by atoms with Crippen LogP contribution in [0.15, 0.2) is 0 Å². The van der Waals surface area contributed by atoms with E-state index in [0.29, 0.717) is 5.92 Å². The summed E-state index contributed by atoms with van der Waals surface area (Å²) in [5.74, 6) is 0.799. The SMILES string of the molecule is CCC(C)CC1NCCNC1=O. The molecule has 2 N–H and O–H groups in total. The molecule has 12 heavy (non-hydrogen) atoms. The number of rotatable bonds is 3. The van der Waals surface area contributed by atoms with Gasteiger partial charge in [0.25, 0.3) is 0 Å². The lowest BCUT2D eigenvalue weighted by Gasteiger charge is -2.25. The van der Waals surface area contributed by atoms with E-state index in [1.165, 1.54) is 0 Å². The highest BCUT2D eigenvalue weighted by Crippen LogP contribution is 2.10. The van der Waals surface area contributed by atoms with Crippen molar-refractivity contribution in [3.05, 3.63) is 0 Å². The van der Waals surface area contributed by atoms with E-state index in [1.54, 1.807) is 0 Å². The van der Waals surface area contributed by atoms with Gasteiger partial charge in [0.15, 0.2) is 0 Å². The van der Waals surface area contributed by atoms with Gasteiger partial charge in [-0.1, -0.05) is 20.3 Å². The van der Waals surface area contributed by atoms with E-state index >= 15 is 0 Å². The summed E-state index contributed by atoms with van der Waals surface area (Å²) in [6.07, 6.45) is 2.10. The summed E-state index contributed by atoms with van der Waals surface area (Å²) in [6.45, 7) is 6.03. The summed E-state index contributed by atoms with van der Waals surface area (Å²) >= 11 is 0.